The molecule has 0 bridgehead atoms. The van der Waals surface area contributed by atoms with Crippen LogP contribution >= 0.6 is 0 Å². The summed E-state index contributed by atoms with van der Waals surface area (Å²) >= 11 is 0. The minimum absolute atomic E-state index is 0.634. The number of nitrogens with one attached hydrogen (secondary N) is 1. The van der Waals surface area contributed by atoms with Crippen LogP contribution in [0.3, 0.4) is 0 Å². The Kier molecular flexibility index (Phi) is 5.32. The molecule has 1 N–H and O–H groups in total. The lowest BCUT2D eigenvalue weighted by Gasteiger charge is -2.08. The number of benzene rings is 1. The van der Waals surface area contributed by atoms with Crippen LogP contribution in [-0.4, -0.2) is 29.3 Å². The SMILES string of the molecule is C=C(C)COCCNCc1nc2ccccc2n1CC. The molecule has 0 atom stereocenters. The molecule has 0 amide bonds. The summed E-state index contributed by atoms with van der Waals surface area (Å²) in [5, 5.41) is 3.37. The van der Waals surface area contributed by atoms with Crippen molar-refractivity contribution in [3.63, 3.8) is 0 Å². The summed E-state index contributed by atoms with van der Waals surface area (Å²) in [6.07, 6.45) is 0. The number of para-hydroxylation sites is 2. The molecule has 4 heteroatoms. The molecular formula is C16H23N3O. The largest absolute Gasteiger partial charge is 0.376 e. The molecule has 0 radical (unpaired) electrons. The van der Waals surface area contributed by atoms with Crippen LogP contribution in [0.15, 0.2) is 36.4 Å². The third-order valence-electron chi connectivity index (χ3n) is 3.10. The molecule has 1 aromatic heterocycles. The lowest BCUT2D eigenvalue weighted by molar-refractivity contribution is 0.157. The quantitative estimate of drug-likeness (QED) is 0.594. The van der Waals surface area contributed by atoms with Crippen molar-refractivity contribution in [3.05, 3.63) is 42.2 Å². The van der Waals surface area contributed by atoms with E-state index in [1.807, 2.05) is 13.0 Å². The molecule has 0 aliphatic heterocycles. The van der Waals surface area contributed by atoms with Gasteiger partial charge in [-0.25, -0.2) is 4.98 Å². The molecule has 4 nitrogen and oxygen atoms in total. The van der Waals surface area contributed by atoms with Crippen LogP contribution in [0.5, 0.6) is 0 Å². The number of nitrogens with zero attached hydrogens (tertiary/aromatic N) is 2. The molecule has 0 spiro atoms. The predicted molar refractivity (Wildman–Crippen MR) is 82.7 cm³/mol. The Morgan fingerprint density at radius 1 is 1.40 bits per heavy atom. The molecule has 0 aliphatic rings. The van der Waals surface area contributed by atoms with Gasteiger partial charge in [-0.2, -0.15) is 0 Å². The van der Waals surface area contributed by atoms with Gasteiger partial charge in [-0.15, -0.1) is 0 Å². The van der Waals surface area contributed by atoms with Crippen molar-refractivity contribution in [3.8, 4) is 0 Å². The van der Waals surface area contributed by atoms with Crippen LogP contribution in [0.2, 0.25) is 0 Å². The summed E-state index contributed by atoms with van der Waals surface area (Å²) in [7, 11) is 0. The Bertz CT molecular complexity index is 574. The zero-order valence-corrected chi connectivity index (χ0v) is 12.4. The molecule has 0 saturated heterocycles. The summed E-state index contributed by atoms with van der Waals surface area (Å²) in [6, 6.07) is 8.25. The third kappa shape index (κ3) is 3.68. The molecule has 2 rings (SSSR count). The van der Waals surface area contributed by atoms with Crippen LogP contribution in [-0.2, 0) is 17.8 Å². The van der Waals surface area contributed by atoms with E-state index in [0.29, 0.717) is 13.2 Å². The molecule has 108 valence electrons. The van der Waals surface area contributed by atoms with E-state index >= 15 is 0 Å². The Balaban J connectivity index is 1.88. The van der Waals surface area contributed by atoms with Crippen molar-refractivity contribution in [1.82, 2.24) is 14.9 Å². The number of aryl methyl sites for hydroxylation is 1. The number of hydrogen-bond donors (Lipinski definition) is 1. The standard InChI is InChI=1S/C16H23N3O/c1-4-19-15-8-6-5-7-14(15)18-16(19)11-17-9-10-20-12-13(2)3/h5-8,17H,2,4,9-12H2,1,3H3. The fourth-order valence-corrected chi connectivity index (χ4v) is 2.20. The van der Waals surface area contributed by atoms with Gasteiger partial charge in [0.05, 0.1) is 30.8 Å². The monoisotopic (exact) mass is 273 g/mol. The number of fused-ring (bicyclic) bond motifs is 1. The van der Waals surface area contributed by atoms with Crippen LogP contribution < -0.4 is 5.32 Å². The van der Waals surface area contributed by atoms with Gasteiger partial charge in [-0.3, -0.25) is 0 Å². The van der Waals surface area contributed by atoms with Crippen LogP contribution in [0.4, 0.5) is 0 Å². The topological polar surface area (TPSA) is 39.1 Å². The van der Waals surface area contributed by atoms with E-state index in [9.17, 15) is 0 Å². The van der Waals surface area contributed by atoms with Gasteiger partial charge in [0.25, 0.3) is 0 Å². The summed E-state index contributed by atoms with van der Waals surface area (Å²) < 4.78 is 7.71. The molecule has 0 unspecified atom stereocenters. The Labute approximate surface area is 120 Å². The number of hydrogen-bond acceptors (Lipinski definition) is 3. The van der Waals surface area contributed by atoms with Gasteiger partial charge in [0.1, 0.15) is 5.82 Å². The number of imidazole rings is 1. The Morgan fingerprint density at radius 3 is 2.95 bits per heavy atom. The highest BCUT2D eigenvalue weighted by Gasteiger charge is 2.07. The maximum atomic E-state index is 5.46. The van der Waals surface area contributed by atoms with E-state index in [4.69, 9.17) is 4.74 Å². The molecule has 1 aromatic carbocycles. The summed E-state index contributed by atoms with van der Waals surface area (Å²) in [6.45, 7) is 11.8. The molecule has 2 aromatic rings. The zero-order chi connectivity index (χ0) is 14.4. The van der Waals surface area contributed by atoms with Crippen molar-refractivity contribution in [1.29, 1.82) is 0 Å². The number of rotatable bonds is 8. The van der Waals surface area contributed by atoms with Crippen LogP contribution in [0.1, 0.15) is 19.7 Å². The van der Waals surface area contributed by atoms with E-state index in [0.717, 1.165) is 36.5 Å². The first-order valence-electron chi connectivity index (χ1n) is 7.09. The predicted octanol–water partition coefficient (Wildman–Crippen LogP) is 2.74. The van der Waals surface area contributed by atoms with E-state index in [1.165, 1.54) is 5.52 Å². The first-order valence-corrected chi connectivity index (χ1v) is 7.09. The maximum Gasteiger partial charge on any atom is 0.123 e. The zero-order valence-electron chi connectivity index (χ0n) is 12.4. The molecular weight excluding hydrogens is 250 g/mol. The molecule has 0 aliphatic carbocycles. The number of ether oxygens (including phenoxy) is 1. The van der Waals surface area contributed by atoms with Gasteiger partial charge in [-0.05, 0) is 26.0 Å². The maximum absolute atomic E-state index is 5.46. The fourth-order valence-electron chi connectivity index (χ4n) is 2.20. The third-order valence-corrected chi connectivity index (χ3v) is 3.10. The van der Waals surface area contributed by atoms with Gasteiger partial charge < -0.3 is 14.6 Å². The van der Waals surface area contributed by atoms with Gasteiger partial charge in [0.15, 0.2) is 0 Å². The molecule has 1 heterocycles. The minimum Gasteiger partial charge on any atom is -0.376 e. The average Bonchev–Trinajstić information content (AvgIpc) is 2.79. The Morgan fingerprint density at radius 2 is 2.20 bits per heavy atom. The summed E-state index contributed by atoms with van der Waals surface area (Å²) in [5.74, 6) is 1.08. The lowest BCUT2D eigenvalue weighted by atomic mass is 10.3. The van der Waals surface area contributed by atoms with Gasteiger partial charge in [-0.1, -0.05) is 24.3 Å². The second kappa shape index (κ2) is 7.22. The van der Waals surface area contributed by atoms with E-state index in [-0.39, 0.29) is 0 Å². The first kappa shape index (κ1) is 14.8. The van der Waals surface area contributed by atoms with E-state index in [1.54, 1.807) is 0 Å². The second-order valence-corrected chi connectivity index (χ2v) is 4.95. The number of aromatic nitrogens is 2. The molecule has 0 fully saturated rings. The summed E-state index contributed by atoms with van der Waals surface area (Å²) in [5.41, 5.74) is 3.31. The summed E-state index contributed by atoms with van der Waals surface area (Å²) in [4.78, 5) is 4.68. The highest BCUT2D eigenvalue weighted by atomic mass is 16.5. The average molecular weight is 273 g/mol. The van der Waals surface area contributed by atoms with Gasteiger partial charge in [0, 0.05) is 13.1 Å². The van der Waals surface area contributed by atoms with Gasteiger partial charge in [0.2, 0.25) is 0 Å². The second-order valence-electron chi connectivity index (χ2n) is 4.95. The highest BCUT2D eigenvalue weighted by Crippen LogP contribution is 2.15. The van der Waals surface area contributed by atoms with Crippen molar-refractivity contribution in [2.75, 3.05) is 19.8 Å². The normalized spacial score (nSPS) is 11.1. The smallest absolute Gasteiger partial charge is 0.123 e. The lowest BCUT2D eigenvalue weighted by Crippen LogP contribution is -2.21. The van der Waals surface area contributed by atoms with Crippen LogP contribution in [0, 0.1) is 0 Å². The minimum atomic E-state index is 0.634. The van der Waals surface area contributed by atoms with Crippen molar-refractivity contribution in [2.24, 2.45) is 0 Å². The first-order chi connectivity index (χ1) is 9.72. The highest BCUT2D eigenvalue weighted by molar-refractivity contribution is 5.75. The fraction of sp³-hybridized carbons (Fsp3) is 0.438. The van der Waals surface area contributed by atoms with Gasteiger partial charge >= 0.3 is 0 Å². The van der Waals surface area contributed by atoms with E-state index in [2.05, 4.69) is 46.6 Å². The van der Waals surface area contributed by atoms with Crippen molar-refractivity contribution in [2.45, 2.75) is 26.9 Å². The van der Waals surface area contributed by atoms with Crippen molar-refractivity contribution >= 4 is 11.0 Å². The molecule has 20 heavy (non-hydrogen) atoms. The Hall–Kier alpha value is -1.65. The van der Waals surface area contributed by atoms with E-state index < -0.39 is 0 Å². The van der Waals surface area contributed by atoms with Crippen LogP contribution in [0.25, 0.3) is 11.0 Å². The molecule has 0 saturated carbocycles. The van der Waals surface area contributed by atoms with Crippen molar-refractivity contribution < 1.29 is 4.74 Å².